The van der Waals surface area contributed by atoms with Crippen LogP contribution in [0.1, 0.15) is 5.56 Å². The number of aromatic nitrogens is 2. The number of nitrogens with zero attached hydrogens (tertiary/aromatic N) is 1. The number of nitrogens with one attached hydrogen (secondary N) is 2. The lowest BCUT2D eigenvalue weighted by Crippen LogP contribution is -2.06. The molecule has 0 amide bonds. The fourth-order valence-corrected chi connectivity index (χ4v) is 1.92. The van der Waals surface area contributed by atoms with Crippen LogP contribution in [0.15, 0.2) is 24.4 Å². The molecule has 0 bridgehead atoms. The molecule has 0 aliphatic carbocycles. The van der Waals surface area contributed by atoms with Crippen LogP contribution in [0.3, 0.4) is 0 Å². The van der Waals surface area contributed by atoms with Crippen LogP contribution in [0.2, 0.25) is 5.02 Å². The van der Waals surface area contributed by atoms with Crippen LogP contribution in [0.5, 0.6) is 0 Å². The molecular weight excluding hydrogens is 198 g/mol. The standard InChI is InChI=1S/C10H8ClN3/c11-7-1-2-9-8(3-7)10-6(4-12-9)5-13-14-10/h1-3,5,12H,4H2,(H,13,14). The number of H-pyrrole nitrogens is 1. The Bertz CT molecular complexity index is 490. The van der Waals surface area contributed by atoms with Crippen LogP contribution in [-0.2, 0) is 6.54 Å². The quantitative estimate of drug-likeness (QED) is 0.694. The monoisotopic (exact) mass is 205 g/mol. The number of aromatic amines is 1. The van der Waals surface area contributed by atoms with Crippen LogP contribution >= 0.6 is 11.6 Å². The molecule has 3 nitrogen and oxygen atoms in total. The summed E-state index contributed by atoms with van der Waals surface area (Å²) in [4.78, 5) is 0. The second kappa shape index (κ2) is 2.75. The van der Waals surface area contributed by atoms with E-state index in [-0.39, 0.29) is 0 Å². The minimum Gasteiger partial charge on any atom is -0.380 e. The molecule has 0 radical (unpaired) electrons. The van der Waals surface area contributed by atoms with E-state index in [1.807, 2.05) is 24.4 Å². The first kappa shape index (κ1) is 7.88. The molecule has 14 heavy (non-hydrogen) atoms. The summed E-state index contributed by atoms with van der Waals surface area (Å²) in [5, 5.41) is 11.1. The maximum Gasteiger partial charge on any atom is 0.0721 e. The third-order valence-corrected chi connectivity index (χ3v) is 2.67. The highest BCUT2D eigenvalue weighted by Crippen LogP contribution is 2.35. The van der Waals surface area contributed by atoms with E-state index in [9.17, 15) is 0 Å². The minimum absolute atomic E-state index is 0.744. The van der Waals surface area contributed by atoms with Gasteiger partial charge in [-0.2, -0.15) is 5.10 Å². The first-order chi connectivity index (χ1) is 6.84. The summed E-state index contributed by atoms with van der Waals surface area (Å²) in [5.74, 6) is 0. The summed E-state index contributed by atoms with van der Waals surface area (Å²) in [7, 11) is 0. The fourth-order valence-electron chi connectivity index (χ4n) is 1.75. The molecule has 0 saturated carbocycles. The van der Waals surface area contributed by atoms with Gasteiger partial charge in [-0.25, -0.2) is 0 Å². The summed E-state index contributed by atoms with van der Waals surface area (Å²) >= 11 is 5.95. The third kappa shape index (κ3) is 1.02. The molecule has 3 rings (SSSR count). The van der Waals surface area contributed by atoms with E-state index in [4.69, 9.17) is 11.6 Å². The Morgan fingerprint density at radius 3 is 3.21 bits per heavy atom. The first-order valence-electron chi connectivity index (χ1n) is 4.40. The summed E-state index contributed by atoms with van der Waals surface area (Å²) in [6, 6.07) is 5.82. The molecule has 2 aromatic rings. The van der Waals surface area contributed by atoms with Crippen LogP contribution in [0, 0.1) is 0 Å². The molecule has 1 aliphatic rings. The number of hydrogen-bond donors (Lipinski definition) is 2. The molecular formula is C10H8ClN3. The van der Waals surface area contributed by atoms with E-state index < -0.39 is 0 Å². The second-order valence-corrected chi connectivity index (χ2v) is 3.75. The molecule has 2 heterocycles. The van der Waals surface area contributed by atoms with Crippen LogP contribution in [0.4, 0.5) is 5.69 Å². The zero-order chi connectivity index (χ0) is 9.54. The lowest BCUT2D eigenvalue weighted by atomic mass is 10.0. The second-order valence-electron chi connectivity index (χ2n) is 3.31. The number of halogens is 1. The SMILES string of the molecule is Clc1ccc2c(c1)-c1[nH]ncc1CN2. The average molecular weight is 206 g/mol. The number of fused-ring (bicyclic) bond motifs is 3. The van der Waals surface area contributed by atoms with Crippen LogP contribution in [-0.4, -0.2) is 10.2 Å². The normalized spacial score (nSPS) is 12.9. The van der Waals surface area contributed by atoms with Gasteiger partial charge in [-0.1, -0.05) is 11.6 Å². The van der Waals surface area contributed by atoms with Gasteiger partial charge < -0.3 is 5.32 Å². The summed E-state index contributed by atoms with van der Waals surface area (Å²) in [6.45, 7) is 0.820. The maximum absolute atomic E-state index is 5.95. The van der Waals surface area contributed by atoms with Gasteiger partial charge in [-0.15, -0.1) is 0 Å². The molecule has 0 unspecified atom stereocenters. The van der Waals surface area contributed by atoms with Crippen molar-refractivity contribution in [2.45, 2.75) is 6.54 Å². The van der Waals surface area contributed by atoms with Crippen molar-refractivity contribution in [3.05, 3.63) is 35.0 Å². The van der Waals surface area contributed by atoms with Gasteiger partial charge in [0.25, 0.3) is 0 Å². The lowest BCUT2D eigenvalue weighted by Gasteiger charge is -2.17. The zero-order valence-corrected chi connectivity index (χ0v) is 8.10. The zero-order valence-electron chi connectivity index (χ0n) is 7.34. The van der Waals surface area contributed by atoms with Gasteiger partial charge >= 0.3 is 0 Å². The number of rotatable bonds is 0. The molecule has 0 atom stereocenters. The van der Waals surface area contributed by atoms with E-state index in [1.54, 1.807) is 0 Å². The topological polar surface area (TPSA) is 40.7 Å². The van der Waals surface area contributed by atoms with Crippen LogP contribution in [0.25, 0.3) is 11.3 Å². The van der Waals surface area contributed by atoms with Gasteiger partial charge in [0, 0.05) is 28.4 Å². The van der Waals surface area contributed by atoms with Gasteiger partial charge in [0.2, 0.25) is 0 Å². The van der Waals surface area contributed by atoms with Gasteiger partial charge in [0.1, 0.15) is 0 Å². The van der Waals surface area contributed by atoms with E-state index in [0.29, 0.717) is 0 Å². The molecule has 70 valence electrons. The number of hydrogen-bond acceptors (Lipinski definition) is 2. The Hall–Kier alpha value is -1.48. The highest BCUT2D eigenvalue weighted by Gasteiger charge is 2.16. The Labute approximate surface area is 86.1 Å². The molecule has 0 saturated heterocycles. The Morgan fingerprint density at radius 2 is 2.29 bits per heavy atom. The van der Waals surface area contributed by atoms with Gasteiger partial charge in [0.05, 0.1) is 11.9 Å². The first-order valence-corrected chi connectivity index (χ1v) is 4.78. The van der Waals surface area contributed by atoms with Crippen molar-refractivity contribution in [2.24, 2.45) is 0 Å². The summed E-state index contributed by atoms with van der Waals surface area (Å²) < 4.78 is 0. The van der Waals surface area contributed by atoms with Gasteiger partial charge in [-0.3, -0.25) is 5.10 Å². The van der Waals surface area contributed by atoms with Gasteiger partial charge in [-0.05, 0) is 18.2 Å². The highest BCUT2D eigenvalue weighted by molar-refractivity contribution is 6.31. The van der Waals surface area contributed by atoms with E-state index >= 15 is 0 Å². The predicted molar refractivity (Wildman–Crippen MR) is 56.4 cm³/mol. The van der Waals surface area contributed by atoms with Gasteiger partial charge in [0.15, 0.2) is 0 Å². The van der Waals surface area contributed by atoms with Crippen molar-refractivity contribution in [1.29, 1.82) is 0 Å². The molecule has 0 spiro atoms. The number of benzene rings is 1. The summed E-state index contributed by atoms with van der Waals surface area (Å²) in [6.07, 6.45) is 1.84. The number of anilines is 1. The maximum atomic E-state index is 5.95. The van der Waals surface area contributed by atoms with E-state index in [2.05, 4.69) is 15.5 Å². The van der Waals surface area contributed by atoms with Crippen molar-refractivity contribution < 1.29 is 0 Å². The van der Waals surface area contributed by atoms with E-state index in [1.165, 1.54) is 5.56 Å². The van der Waals surface area contributed by atoms with E-state index in [0.717, 1.165) is 28.5 Å². The Morgan fingerprint density at radius 1 is 1.36 bits per heavy atom. The third-order valence-electron chi connectivity index (χ3n) is 2.44. The average Bonchev–Trinajstić information content (AvgIpc) is 2.65. The Kier molecular flexibility index (Phi) is 1.55. The molecule has 1 aliphatic heterocycles. The van der Waals surface area contributed by atoms with Crippen molar-refractivity contribution in [3.63, 3.8) is 0 Å². The minimum atomic E-state index is 0.744. The summed E-state index contributed by atoms with van der Waals surface area (Å²) in [5.41, 5.74) is 4.45. The largest absolute Gasteiger partial charge is 0.380 e. The molecule has 4 heteroatoms. The smallest absolute Gasteiger partial charge is 0.0721 e. The Balaban J connectivity index is 2.28. The lowest BCUT2D eigenvalue weighted by molar-refractivity contribution is 1.09. The highest BCUT2D eigenvalue weighted by atomic mass is 35.5. The molecule has 1 aromatic carbocycles. The fraction of sp³-hybridized carbons (Fsp3) is 0.100. The molecule has 1 aromatic heterocycles. The van der Waals surface area contributed by atoms with Crippen molar-refractivity contribution >= 4 is 17.3 Å². The molecule has 2 N–H and O–H groups in total. The van der Waals surface area contributed by atoms with Crippen molar-refractivity contribution in [1.82, 2.24) is 10.2 Å². The predicted octanol–water partition coefficient (Wildman–Crippen LogP) is 2.66. The van der Waals surface area contributed by atoms with Crippen molar-refractivity contribution in [3.8, 4) is 11.3 Å². The van der Waals surface area contributed by atoms with Crippen LogP contribution < -0.4 is 5.32 Å². The molecule has 0 fully saturated rings. The van der Waals surface area contributed by atoms with Crippen molar-refractivity contribution in [2.75, 3.05) is 5.32 Å².